The molecule has 1 saturated carbocycles. The quantitative estimate of drug-likeness (QED) is 0.901. The highest BCUT2D eigenvalue weighted by molar-refractivity contribution is 5.80. The molecule has 0 unspecified atom stereocenters. The molecule has 1 heterocycles. The van der Waals surface area contributed by atoms with Gasteiger partial charge in [-0.3, -0.25) is 4.99 Å². The van der Waals surface area contributed by atoms with Gasteiger partial charge in [0.25, 0.3) is 0 Å². The van der Waals surface area contributed by atoms with Gasteiger partial charge in [-0.2, -0.15) is 0 Å². The van der Waals surface area contributed by atoms with E-state index in [0.29, 0.717) is 0 Å². The molecule has 2 aliphatic rings. The Morgan fingerprint density at radius 3 is 2.79 bits per heavy atom. The van der Waals surface area contributed by atoms with Crippen molar-refractivity contribution in [3.8, 4) is 0 Å². The maximum Gasteiger partial charge on any atom is 0.193 e. The third-order valence-electron chi connectivity index (χ3n) is 4.33. The lowest BCUT2D eigenvalue weighted by Gasteiger charge is -2.37. The zero-order chi connectivity index (χ0) is 13.1. The fourth-order valence-electron chi connectivity index (χ4n) is 3.05. The Balaban J connectivity index is 1.44. The van der Waals surface area contributed by atoms with Crippen LogP contribution in [-0.4, -0.2) is 37.5 Å². The summed E-state index contributed by atoms with van der Waals surface area (Å²) in [6.45, 7) is 3.18. The standard InChI is InChI=1S/C16H23N3/c1-19-9-5-8-17-16(19)18-12-13-10-15(11-13)14-6-3-2-4-7-14/h2-4,6-7,13,15H,5,8-12H2,1H3,(H,17,18). The molecule has 1 aliphatic heterocycles. The molecule has 0 atom stereocenters. The van der Waals surface area contributed by atoms with Crippen molar-refractivity contribution in [1.82, 2.24) is 10.2 Å². The number of guanidine groups is 1. The maximum absolute atomic E-state index is 4.55. The molecule has 0 saturated heterocycles. The van der Waals surface area contributed by atoms with Crippen molar-refractivity contribution in [2.75, 3.05) is 26.7 Å². The second-order valence-corrected chi connectivity index (χ2v) is 5.81. The smallest absolute Gasteiger partial charge is 0.193 e. The van der Waals surface area contributed by atoms with Crippen molar-refractivity contribution in [3.05, 3.63) is 35.9 Å². The SMILES string of the molecule is CN1CCCN=C1NCC1CC(c2ccccc2)C1. The van der Waals surface area contributed by atoms with Crippen LogP contribution in [0.25, 0.3) is 0 Å². The Morgan fingerprint density at radius 2 is 2.05 bits per heavy atom. The summed E-state index contributed by atoms with van der Waals surface area (Å²) in [5.41, 5.74) is 1.51. The van der Waals surface area contributed by atoms with Gasteiger partial charge >= 0.3 is 0 Å². The molecule has 3 nitrogen and oxygen atoms in total. The van der Waals surface area contributed by atoms with Gasteiger partial charge < -0.3 is 10.2 Å². The average Bonchev–Trinajstić information content (AvgIpc) is 2.40. The molecule has 1 aliphatic carbocycles. The molecular formula is C16H23N3. The fraction of sp³-hybridized carbons (Fsp3) is 0.562. The van der Waals surface area contributed by atoms with Crippen LogP contribution in [0.1, 0.15) is 30.7 Å². The minimum atomic E-state index is 0.777. The Hall–Kier alpha value is -1.51. The average molecular weight is 257 g/mol. The van der Waals surface area contributed by atoms with Crippen LogP contribution in [0, 0.1) is 5.92 Å². The van der Waals surface area contributed by atoms with Gasteiger partial charge in [0.2, 0.25) is 0 Å². The summed E-state index contributed by atoms with van der Waals surface area (Å²) in [6.07, 6.45) is 3.81. The minimum absolute atomic E-state index is 0.777. The van der Waals surface area contributed by atoms with Crippen molar-refractivity contribution in [3.63, 3.8) is 0 Å². The van der Waals surface area contributed by atoms with Crippen LogP contribution in [0.15, 0.2) is 35.3 Å². The van der Waals surface area contributed by atoms with Gasteiger partial charge in [0.1, 0.15) is 0 Å². The van der Waals surface area contributed by atoms with Gasteiger partial charge in [-0.15, -0.1) is 0 Å². The number of aliphatic imine (C=N–C) groups is 1. The number of nitrogens with zero attached hydrogens (tertiary/aromatic N) is 2. The molecule has 0 amide bonds. The number of benzene rings is 1. The summed E-state index contributed by atoms with van der Waals surface area (Å²) in [6, 6.07) is 10.9. The molecule has 0 bridgehead atoms. The van der Waals surface area contributed by atoms with E-state index in [1.807, 2.05) is 0 Å². The van der Waals surface area contributed by atoms with Crippen molar-refractivity contribution < 1.29 is 0 Å². The van der Waals surface area contributed by atoms with E-state index < -0.39 is 0 Å². The molecule has 0 radical (unpaired) electrons. The summed E-state index contributed by atoms with van der Waals surface area (Å²) < 4.78 is 0. The molecular weight excluding hydrogens is 234 g/mol. The molecule has 3 rings (SSSR count). The molecule has 1 aromatic carbocycles. The number of hydrogen-bond donors (Lipinski definition) is 1. The van der Waals surface area contributed by atoms with Gasteiger partial charge in [-0.05, 0) is 36.7 Å². The largest absolute Gasteiger partial charge is 0.356 e. The zero-order valence-corrected chi connectivity index (χ0v) is 11.7. The van der Waals surface area contributed by atoms with Crippen LogP contribution in [0.2, 0.25) is 0 Å². The van der Waals surface area contributed by atoms with Crippen molar-refractivity contribution in [2.24, 2.45) is 10.9 Å². The second kappa shape index (κ2) is 5.64. The molecule has 0 aromatic heterocycles. The third-order valence-corrected chi connectivity index (χ3v) is 4.33. The lowest BCUT2D eigenvalue weighted by Crippen LogP contribution is -2.45. The molecule has 1 N–H and O–H groups in total. The van der Waals surface area contributed by atoms with E-state index in [2.05, 4.69) is 52.6 Å². The van der Waals surface area contributed by atoms with E-state index in [4.69, 9.17) is 0 Å². The van der Waals surface area contributed by atoms with Crippen molar-refractivity contribution in [1.29, 1.82) is 0 Å². The highest BCUT2D eigenvalue weighted by Gasteiger charge is 2.30. The lowest BCUT2D eigenvalue weighted by molar-refractivity contribution is 0.261. The first-order chi connectivity index (χ1) is 9.33. The normalized spacial score (nSPS) is 26.6. The lowest BCUT2D eigenvalue weighted by atomic mass is 9.71. The first-order valence-electron chi connectivity index (χ1n) is 7.37. The first-order valence-corrected chi connectivity index (χ1v) is 7.37. The van der Waals surface area contributed by atoms with Crippen LogP contribution >= 0.6 is 0 Å². The summed E-state index contributed by atoms with van der Waals surface area (Å²) in [7, 11) is 2.12. The van der Waals surface area contributed by atoms with Crippen LogP contribution in [0.3, 0.4) is 0 Å². The Kier molecular flexibility index (Phi) is 3.72. The van der Waals surface area contributed by atoms with Gasteiger partial charge in [0.15, 0.2) is 5.96 Å². The summed E-state index contributed by atoms with van der Waals surface area (Å²) >= 11 is 0. The zero-order valence-electron chi connectivity index (χ0n) is 11.7. The molecule has 3 heteroatoms. The van der Waals surface area contributed by atoms with Gasteiger partial charge in [0.05, 0.1) is 0 Å². The van der Waals surface area contributed by atoms with Gasteiger partial charge in [-0.1, -0.05) is 30.3 Å². The number of rotatable bonds is 3. The van der Waals surface area contributed by atoms with E-state index in [-0.39, 0.29) is 0 Å². The second-order valence-electron chi connectivity index (χ2n) is 5.81. The summed E-state index contributed by atoms with van der Waals surface area (Å²) in [5, 5.41) is 3.52. The number of hydrogen-bond acceptors (Lipinski definition) is 3. The van der Waals surface area contributed by atoms with Crippen LogP contribution < -0.4 is 5.32 Å². The van der Waals surface area contributed by atoms with Crippen molar-refractivity contribution in [2.45, 2.75) is 25.2 Å². The Bertz CT molecular complexity index is 435. The third kappa shape index (κ3) is 2.91. The molecule has 1 aromatic rings. The Morgan fingerprint density at radius 1 is 1.26 bits per heavy atom. The van der Waals surface area contributed by atoms with E-state index >= 15 is 0 Å². The number of nitrogens with one attached hydrogen (secondary N) is 1. The minimum Gasteiger partial charge on any atom is -0.356 e. The molecule has 19 heavy (non-hydrogen) atoms. The monoisotopic (exact) mass is 257 g/mol. The van der Waals surface area contributed by atoms with E-state index in [0.717, 1.165) is 37.4 Å². The van der Waals surface area contributed by atoms with E-state index in [1.54, 1.807) is 0 Å². The van der Waals surface area contributed by atoms with Gasteiger partial charge in [-0.25, -0.2) is 0 Å². The van der Waals surface area contributed by atoms with Crippen LogP contribution in [-0.2, 0) is 0 Å². The van der Waals surface area contributed by atoms with Gasteiger partial charge in [0, 0.05) is 26.7 Å². The van der Waals surface area contributed by atoms with Crippen molar-refractivity contribution >= 4 is 5.96 Å². The maximum atomic E-state index is 4.55. The van der Waals surface area contributed by atoms with E-state index in [1.165, 1.54) is 24.8 Å². The van der Waals surface area contributed by atoms with E-state index in [9.17, 15) is 0 Å². The fourth-order valence-corrected chi connectivity index (χ4v) is 3.05. The molecule has 1 fully saturated rings. The predicted molar refractivity (Wildman–Crippen MR) is 79.5 cm³/mol. The highest BCUT2D eigenvalue weighted by Crippen LogP contribution is 2.40. The predicted octanol–water partition coefficient (Wildman–Crippen LogP) is 2.46. The van der Waals surface area contributed by atoms with Crippen LogP contribution in [0.5, 0.6) is 0 Å². The Labute approximate surface area is 115 Å². The molecule has 102 valence electrons. The first kappa shape index (κ1) is 12.5. The highest BCUT2D eigenvalue weighted by atomic mass is 15.3. The summed E-state index contributed by atoms with van der Waals surface area (Å²) in [5.74, 6) is 2.68. The summed E-state index contributed by atoms with van der Waals surface area (Å²) in [4.78, 5) is 6.78. The van der Waals surface area contributed by atoms with Crippen LogP contribution in [0.4, 0.5) is 0 Å². The topological polar surface area (TPSA) is 27.6 Å². The molecule has 0 spiro atoms.